The van der Waals surface area contributed by atoms with E-state index in [-0.39, 0.29) is 0 Å². The Morgan fingerprint density at radius 2 is 2.22 bits per heavy atom. The molecule has 0 spiro atoms. The van der Waals surface area contributed by atoms with Crippen molar-refractivity contribution in [2.24, 2.45) is 0 Å². The average molecular weight is 330 g/mol. The predicted molar refractivity (Wildman–Crippen MR) is 76.1 cm³/mol. The van der Waals surface area contributed by atoms with Crippen LogP contribution in [0.1, 0.15) is 25.5 Å². The van der Waals surface area contributed by atoms with E-state index in [2.05, 4.69) is 34.9 Å². The molecule has 0 amide bonds. The molecular formula is C13H14BrClN2O. The van der Waals surface area contributed by atoms with E-state index in [1.807, 2.05) is 29.1 Å². The Kier molecular flexibility index (Phi) is 4.30. The van der Waals surface area contributed by atoms with E-state index < -0.39 is 0 Å². The summed E-state index contributed by atoms with van der Waals surface area (Å²) < 4.78 is 8.48. The molecule has 0 aliphatic carbocycles. The van der Waals surface area contributed by atoms with Crippen molar-refractivity contribution in [3.8, 4) is 5.75 Å². The number of hydrogen-bond acceptors (Lipinski definition) is 2. The van der Waals surface area contributed by atoms with Crippen LogP contribution in [0.4, 0.5) is 0 Å². The third-order valence-corrected chi connectivity index (χ3v) is 3.36. The Balaban J connectivity index is 2.02. The molecule has 0 radical (unpaired) electrons. The van der Waals surface area contributed by atoms with Gasteiger partial charge in [-0.05, 0) is 26.0 Å². The van der Waals surface area contributed by atoms with Gasteiger partial charge >= 0.3 is 0 Å². The van der Waals surface area contributed by atoms with Gasteiger partial charge in [0.05, 0.1) is 12.4 Å². The van der Waals surface area contributed by atoms with Crippen LogP contribution >= 0.6 is 27.5 Å². The van der Waals surface area contributed by atoms with Crippen LogP contribution in [0, 0.1) is 0 Å². The fraction of sp³-hybridized carbons (Fsp3) is 0.308. The van der Waals surface area contributed by atoms with Gasteiger partial charge in [-0.15, -0.1) is 0 Å². The van der Waals surface area contributed by atoms with Gasteiger partial charge in [0.1, 0.15) is 6.61 Å². The first-order chi connectivity index (χ1) is 8.56. The van der Waals surface area contributed by atoms with Gasteiger partial charge in [0.15, 0.2) is 5.75 Å². The zero-order valence-corrected chi connectivity index (χ0v) is 12.6. The molecule has 2 rings (SSSR count). The van der Waals surface area contributed by atoms with Crippen molar-refractivity contribution in [2.45, 2.75) is 26.5 Å². The number of rotatable bonds is 4. The number of aromatic nitrogens is 2. The number of ether oxygens (including phenoxy) is 1. The summed E-state index contributed by atoms with van der Waals surface area (Å²) in [5.74, 6) is 0.752. The summed E-state index contributed by atoms with van der Waals surface area (Å²) in [6.45, 7) is 4.58. The molecule has 1 aromatic carbocycles. The molecule has 0 unspecified atom stereocenters. The zero-order valence-electron chi connectivity index (χ0n) is 10.2. The van der Waals surface area contributed by atoms with E-state index >= 15 is 0 Å². The maximum absolute atomic E-state index is 6.12. The SMILES string of the molecule is CC(C)n1cc(OCc2ccc(Br)cc2Cl)cn1. The smallest absolute Gasteiger partial charge is 0.157 e. The standard InChI is InChI=1S/C13H14BrClN2O/c1-9(2)17-7-12(6-16-17)18-8-10-3-4-11(14)5-13(10)15/h3-7,9H,8H2,1-2H3. The molecule has 3 nitrogen and oxygen atoms in total. The number of halogens is 2. The zero-order chi connectivity index (χ0) is 13.1. The maximum atomic E-state index is 6.12. The molecule has 96 valence electrons. The highest BCUT2D eigenvalue weighted by Crippen LogP contribution is 2.23. The Labute approximate surface area is 120 Å². The van der Waals surface area contributed by atoms with Crippen molar-refractivity contribution in [3.63, 3.8) is 0 Å². The van der Waals surface area contributed by atoms with Crippen LogP contribution in [0.3, 0.4) is 0 Å². The van der Waals surface area contributed by atoms with Crippen molar-refractivity contribution >= 4 is 27.5 Å². The minimum atomic E-state index is 0.332. The molecule has 18 heavy (non-hydrogen) atoms. The summed E-state index contributed by atoms with van der Waals surface area (Å²) in [5.41, 5.74) is 0.956. The van der Waals surface area contributed by atoms with Gasteiger partial charge in [-0.3, -0.25) is 4.68 Å². The maximum Gasteiger partial charge on any atom is 0.157 e. The minimum Gasteiger partial charge on any atom is -0.486 e. The summed E-state index contributed by atoms with van der Waals surface area (Å²) in [6, 6.07) is 6.08. The fourth-order valence-corrected chi connectivity index (χ4v) is 2.21. The monoisotopic (exact) mass is 328 g/mol. The van der Waals surface area contributed by atoms with E-state index in [4.69, 9.17) is 16.3 Å². The van der Waals surface area contributed by atoms with Gasteiger partial charge in [0.2, 0.25) is 0 Å². The van der Waals surface area contributed by atoms with E-state index in [1.165, 1.54) is 0 Å². The Hall–Kier alpha value is -1.00. The molecule has 0 saturated heterocycles. The molecule has 0 aliphatic rings. The van der Waals surface area contributed by atoms with E-state index in [9.17, 15) is 0 Å². The number of benzene rings is 1. The highest BCUT2D eigenvalue weighted by atomic mass is 79.9. The van der Waals surface area contributed by atoms with Crippen molar-refractivity contribution in [1.29, 1.82) is 0 Å². The molecule has 0 fully saturated rings. The molecule has 0 N–H and O–H groups in total. The lowest BCUT2D eigenvalue weighted by molar-refractivity contribution is 0.305. The molecule has 1 aromatic heterocycles. The van der Waals surface area contributed by atoms with Crippen molar-refractivity contribution in [2.75, 3.05) is 0 Å². The van der Waals surface area contributed by atoms with Crippen LogP contribution < -0.4 is 4.74 Å². The first kappa shape index (κ1) is 13.4. The minimum absolute atomic E-state index is 0.332. The Morgan fingerprint density at radius 3 is 2.83 bits per heavy atom. The normalized spacial score (nSPS) is 10.9. The number of hydrogen-bond donors (Lipinski definition) is 0. The molecule has 5 heteroatoms. The first-order valence-electron chi connectivity index (χ1n) is 5.67. The van der Waals surface area contributed by atoms with Gasteiger partial charge in [0, 0.05) is 21.1 Å². The molecule has 0 aliphatic heterocycles. The topological polar surface area (TPSA) is 27.1 Å². The van der Waals surface area contributed by atoms with Gasteiger partial charge in [-0.25, -0.2) is 0 Å². The summed E-state index contributed by atoms with van der Waals surface area (Å²) >= 11 is 9.49. The lowest BCUT2D eigenvalue weighted by Crippen LogP contribution is -2.00. The summed E-state index contributed by atoms with van der Waals surface area (Å²) in [5, 5.41) is 4.91. The van der Waals surface area contributed by atoms with Gasteiger partial charge in [-0.2, -0.15) is 5.10 Å². The van der Waals surface area contributed by atoms with Gasteiger partial charge < -0.3 is 4.74 Å². The summed E-state index contributed by atoms with van der Waals surface area (Å²) in [7, 11) is 0. The summed E-state index contributed by atoms with van der Waals surface area (Å²) in [6.07, 6.45) is 3.60. The van der Waals surface area contributed by atoms with E-state index in [0.29, 0.717) is 17.7 Å². The summed E-state index contributed by atoms with van der Waals surface area (Å²) in [4.78, 5) is 0. The van der Waals surface area contributed by atoms with Crippen LogP contribution in [0.5, 0.6) is 5.75 Å². The van der Waals surface area contributed by atoms with Crippen molar-refractivity contribution in [1.82, 2.24) is 9.78 Å². The second kappa shape index (κ2) is 5.76. The third-order valence-electron chi connectivity index (χ3n) is 2.52. The number of nitrogens with zero attached hydrogens (tertiary/aromatic N) is 2. The quantitative estimate of drug-likeness (QED) is 0.828. The molecule has 2 aromatic rings. The van der Waals surface area contributed by atoms with Crippen LogP contribution in [-0.4, -0.2) is 9.78 Å². The molecular weight excluding hydrogens is 316 g/mol. The Bertz CT molecular complexity index is 540. The average Bonchev–Trinajstić information content (AvgIpc) is 2.76. The molecule has 0 saturated carbocycles. The molecule has 1 heterocycles. The predicted octanol–water partition coefficient (Wildman–Crippen LogP) is 4.46. The van der Waals surface area contributed by atoms with E-state index in [1.54, 1.807) is 6.20 Å². The van der Waals surface area contributed by atoms with Gasteiger partial charge in [0.25, 0.3) is 0 Å². The highest BCUT2D eigenvalue weighted by molar-refractivity contribution is 9.10. The first-order valence-corrected chi connectivity index (χ1v) is 6.84. The largest absolute Gasteiger partial charge is 0.486 e. The Morgan fingerprint density at radius 1 is 1.44 bits per heavy atom. The highest BCUT2D eigenvalue weighted by Gasteiger charge is 2.05. The second-order valence-corrected chi connectivity index (χ2v) is 5.60. The van der Waals surface area contributed by atoms with Crippen LogP contribution in [0.25, 0.3) is 0 Å². The lowest BCUT2D eigenvalue weighted by atomic mass is 10.2. The molecule has 0 bridgehead atoms. The lowest BCUT2D eigenvalue weighted by Gasteiger charge is -2.06. The fourth-order valence-electron chi connectivity index (χ4n) is 1.48. The third kappa shape index (κ3) is 3.27. The van der Waals surface area contributed by atoms with Crippen molar-refractivity contribution < 1.29 is 4.74 Å². The molecule has 0 atom stereocenters. The second-order valence-electron chi connectivity index (χ2n) is 4.27. The van der Waals surface area contributed by atoms with Gasteiger partial charge in [-0.1, -0.05) is 33.6 Å². The van der Waals surface area contributed by atoms with Crippen LogP contribution in [0.2, 0.25) is 5.02 Å². The van der Waals surface area contributed by atoms with Crippen LogP contribution in [0.15, 0.2) is 35.1 Å². The van der Waals surface area contributed by atoms with Crippen LogP contribution in [-0.2, 0) is 6.61 Å². The van der Waals surface area contributed by atoms with Crippen molar-refractivity contribution in [3.05, 3.63) is 45.7 Å². The van der Waals surface area contributed by atoms with E-state index in [0.717, 1.165) is 15.8 Å².